The SMILES string of the molecule is C=CC(=O)NCC(c1ccccc1)C(F)F. The highest BCUT2D eigenvalue weighted by Crippen LogP contribution is 2.22. The van der Waals surface area contributed by atoms with E-state index < -0.39 is 18.3 Å². The third-order valence-corrected chi connectivity index (χ3v) is 2.21. The fourth-order valence-electron chi connectivity index (χ4n) is 1.34. The molecule has 1 atom stereocenters. The number of nitrogens with one attached hydrogen (secondary N) is 1. The fraction of sp³-hybridized carbons (Fsp3) is 0.250. The van der Waals surface area contributed by atoms with Gasteiger partial charge >= 0.3 is 0 Å². The summed E-state index contributed by atoms with van der Waals surface area (Å²) in [5, 5.41) is 2.38. The molecule has 1 aromatic carbocycles. The van der Waals surface area contributed by atoms with E-state index in [4.69, 9.17) is 0 Å². The number of carbonyl (C=O) groups excluding carboxylic acids is 1. The summed E-state index contributed by atoms with van der Waals surface area (Å²) in [6.45, 7) is 3.17. The summed E-state index contributed by atoms with van der Waals surface area (Å²) in [5.74, 6) is -1.42. The Morgan fingerprint density at radius 1 is 1.38 bits per heavy atom. The molecule has 0 aromatic heterocycles. The number of hydrogen-bond donors (Lipinski definition) is 1. The van der Waals surface area contributed by atoms with Gasteiger partial charge in [-0.05, 0) is 11.6 Å². The van der Waals surface area contributed by atoms with Gasteiger partial charge in [0, 0.05) is 6.54 Å². The molecule has 0 saturated carbocycles. The summed E-state index contributed by atoms with van der Waals surface area (Å²) < 4.78 is 25.5. The van der Waals surface area contributed by atoms with Crippen molar-refractivity contribution in [3.05, 3.63) is 48.6 Å². The number of alkyl halides is 2. The lowest BCUT2D eigenvalue weighted by atomic mass is 10.00. The molecule has 1 amide bonds. The second-order valence-corrected chi connectivity index (χ2v) is 3.30. The van der Waals surface area contributed by atoms with Crippen LogP contribution in [0.15, 0.2) is 43.0 Å². The Bertz CT molecular complexity index is 351. The quantitative estimate of drug-likeness (QED) is 0.766. The number of hydrogen-bond acceptors (Lipinski definition) is 1. The standard InChI is InChI=1S/C12H13F2NO/c1-2-11(16)15-8-10(12(13)14)9-6-4-3-5-7-9/h2-7,10,12H,1,8H2,(H,15,16). The maximum absolute atomic E-state index is 12.8. The van der Waals surface area contributed by atoms with Crippen LogP contribution in [-0.2, 0) is 4.79 Å². The summed E-state index contributed by atoms with van der Waals surface area (Å²) in [4.78, 5) is 10.9. The molecule has 1 N–H and O–H groups in total. The second-order valence-electron chi connectivity index (χ2n) is 3.30. The van der Waals surface area contributed by atoms with Crippen LogP contribution in [0.4, 0.5) is 8.78 Å². The number of rotatable bonds is 5. The molecule has 0 aliphatic carbocycles. The van der Waals surface area contributed by atoms with Gasteiger partial charge < -0.3 is 5.32 Å². The van der Waals surface area contributed by atoms with Gasteiger partial charge in [-0.15, -0.1) is 0 Å². The number of halogens is 2. The van der Waals surface area contributed by atoms with E-state index in [-0.39, 0.29) is 6.54 Å². The minimum atomic E-state index is -2.51. The van der Waals surface area contributed by atoms with Crippen molar-refractivity contribution in [2.75, 3.05) is 6.54 Å². The monoisotopic (exact) mass is 225 g/mol. The maximum atomic E-state index is 12.8. The Balaban J connectivity index is 2.69. The van der Waals surface area contributed by atoms with Crippen molar-refractivity contribution in [2.45, 2.75) is 12.3 Å². The summed E-state index contributed by atoms with van der Waals surface area (Å²) in [6.07, 6.45) is -1.44. The van der Waals surface area contributed by atoms with Crippen molar-refractivity contribution >= 4 is 5.91 Å². The third-order valence-electron chi connectivity index (χ3n) is 2.21. The van der Waals surface area contributed by atoms with Gasteiger partial charge in [0.2, 0.25) is 12.3 Å². The van der Waals surface area contributed by atoms with Gasteiger partial charge in [-0.25, -0.2) is 8.78 Å². The van der Waals surface area contributed by atoms with Gasteiger partial charge in [0.25, 0.3) is 0 Å². The van der Waals surface area contributed by atoms with Gasteiger partial charge in [-0.1, -0.05) is 36.9 Å². The minimum absolute atomic E-state index is 0.0907. The Morgan fingerprint density at radius 3 is 2.50 bits per heavy atom. The molecule has 1 unspecified atom stereocenters. The van der Waals surface area contributed by atoms with Crippen molar-refractivity contribution in [1.29, 1.82) is 0 Å². The van der Waals surface area contributed by atoms with E-state index in [2.05, 4.69) is 11.9 Å². The lowest BCUT2D eigenvalue weighted by molar-refractivity contribution is -0.116. The molecule has 0 aliphatic rings. The molecule has 0 saturated heterocycles. The highest BCUT2D eigenvalue weighted by Gasteiger charge is 2.22. The highest BCUT2D eigenvalue weighted by molar-refractivity contribution is 5.86. The fourth-order valence-corrected chi connectivity index (χ4v) is 1.34. The zero-order valence-electron chi connectivity index (χ0n) is 8.70. The molecular weight excluding hydrogens is 212 g/mol. The van der Waals surface area contributed by atoms with E-state index in [0.717, 1.165) is 6.08 Å². The normalized spacial score (nSPS) is 12.2. The van der Waals surface area contributed by atoms with Gasteiger partial charge in [-0.3, -0.25) is 4.79 Å². The lowest BCUT2D eigenvalue weighted by Gasteiger charge is -2.16. The van der Waals surface area contributed by atoms with Crippen LogP contribution in [-0.4, -0.2) is 18.9 Å². The van der Waals surface area contributed by atoms with Gasteiger partial charge in [0.1, 0.15) is 0 Å². The Labute approximate surface area is 93.0 Å². The van der Waals surface area contributed by atoms with Crippen LogP contribution in [0, 0.1) is 0 Å². The van der Waals surface area contributed by atoms with Crippen LogP contribution in [0.1, 0.15) is 11.5 Å². The first-order chi connectivity index (χ1) is 7.65. The van der Waals surface area contributed by atoms with Crippen LogP contribution in [0.2, 0.25) is 0 Å². The predicted octanol–water partition coefficient (Wildman–Crippen LogP) is 2.34. The minimum Gasteiger partial charge on any atom is -0.352 e. The summed E-state index contributed by atoms with van der Waals surface area (Å²) >= 11 is 0. The van der Waals surface area contributed by atoms with E-state index in [9.17, 15) is 13.6 Å². The Kier molecular flexibility index (Phi) is 4.64. The molecule has 0 fully saturated rings. The van der Waals surface area contributed by atoms with Crippen molar-refractivity contribution < 1.29 is 13.6 Å². The van der Waals surface area contributed by atoms with Crippen molar-refractivity contribution in [1.82, 2.24) is 5.32 Å². The lowest BCUT2D eigenvalue weighted by Crippen LogP contribution is -2.29. The zero-order chi connectivity index (χ0) is 12.0. The largest absolute Gasteiger partial charge is 0.352 e. The molecular formula is C12H13F2NO. The van der Waals surface area contributed by atoms with Crippen LogP contribution in [0.5, 0.6) is 0 Å². The first-order valence-corrected chi connectivity index (χ1v) is 4.88. The second kappa shape index (κ2) is 6.00. The topological polar surface area (TPSA) is 29.1 Å². The molecule has 86 valence electrons. The average Bonchev–Trinajstić information content (AvgIpc) is 2.30. The molecule has 2 nitrogen and oxygen atoms in total. The Hall–Kier alpha value is -1.71. The number of amides is 1. The maximum Gasteiger partial charge on any atom is 0.247 e. The van der Waals surface area contributed by atoms with Crippen molar-refractivity contribution in [3.8, 4) is 0 Å². The third kappa shape index (κ3) is 3.46. The molecule has 0 bridgehead atoms. The highest BCUT2D eigenvalue weighted by atomic mass is 19.3. The van der Waals surface area contributed by atoms with Crippen LogP contribution in [0.25, 0.3) is 0 Å². The smallest absolute Gasteiger partial charge is 0.247 e. The summed E-state index contributed by atoms with van der Waals surface area (Å²) in [5.41, 5.74) is 0.516. The van der Waals surface area contributed by atoms with E-state index in [1.54, 1.807) is 30.3 Å². The molecule has 1 rings (SSSR count). The van der Waals surface area contributed by atoms with Crippen molar-refractivity contribution in [3.63, 3.8) is 0 Å². The van der Waals surface area contributed by atoms with Crippen molar-refractivity contribution in [2.24, 2.45) is 0 Å². The molecule has 0 spiro atoms. The molecule has 0 radical (unpaired) electrons. The van der Waals surface area contributed by atoms with Gasteiger partial charge in [0.15, 0.2) is 0 Å². The molecule has 1 aromatic rings. The first-order valence-electron chi connectivity index (χ1n) is 4.88. The molecule has 16 heavy (non-hydrogen) atoms. The summed E-state index contributed by atoms with van der Waals surface area (Å²) in [6, 6.07) is 8.39. The van der Waals surface area contributed by atoms with Crippen LogP contribution < -0.4 is 5.32 Å². The number of carbonyl (C=O) groups is 1. The average molecular weight is 225 g/mol. The first kappa shape index (κ1) is 12.4. The van der Waals surface area contributed by atoms with Gasteiger partial charge in [0.05, 0.1) is 5.92 Å². The number of benzene rings is 1. The van der Waals surface area contributed by atoms with E-state index in [0.29, 0.717) is 5.56 Å². The van der Waals surface area contributed by atoms with E-state index in [1.165, 1.54) is 0 Å². The molecule has 0 heterocycles. The van der Waals surface area contributed by atoms with Crippen LogP contribution in [0.3, 0.4) is 0 Å². The van der Waals surface area contributed by atoms with Crippen LogP contribution >= 0.6 is 0 Å². The molecule has 4 heteroatoms. The predicted molar refractivity (Wildman–Crippen MR) is 58.4 cm³/mol. The summed E-state index contributed by atoms with van der Waals surface area (Å²) in [7, 11) is 0. The zero-order valence-corrected chi connectivity index (χ0v) is 8.70. The Morgan fingerprint density at radius 2 is 2.00 bits per heavy atom. The van der Waals surface area contributed by atoms with E-state index in [1.807, 2.05) is 0 Å². The van der Waals surface area contributed by atoms with Gasteiger partial charge in [-0.2, -0.15) is 0 Å². The molecule has 0 aliphatic heterocycles. The van der Waals surface area contributed by atoms with E-state index >= 15 is 0 Å².